The summed E-state index contributed by atoms with van der Waals surface area (Å²) in [6.07, 6.45) is 5.45. The molecule has 0 spiro atoms. The number of carbonyl (C=O) groups is 1. The number of amides is 1. The van der Waals surface area contributed by atoms with E-state index in [0.717, 1.165) is 29.3 Å². The second kappa shape index (κ2) is 10.4. The zero-order chi connectivity index (χ0) is 23.4. The molecule has 9 heteroatoms. The largest absolute Gasteiger partial charge is 0.493 e. The van der Waals surface area contributed by atoms with Crippen molar-refractivity contribution in [2.75, 3.05) is 58.7 Å². The first-order valence-corrected chi connectivity index (χ1v) is 12.6. The van der Waals surface area contributed by atoms with Crippen molar-refractivity contribution in [3.8, 4) is 17.2 Å². The van der Waals surface area contributed by atoms with Crippen LogP contribution in [-0.2, 0) is 4.79 Å². The molecule has 3 aromatic rings. The predicted molar refractivity (Wildman–Crippen MR) is 135 cm³/mol. The maximum absolute atomic E-state index is 12.8. The Morgan fingerprint density at radius 3 is 2.33 bits per heavy atom. The van der Waals surface area contributed by atoms with Crippen LogP contribution in [0.2, 0.25) is 0 Å². The van der Waals surface area contributed by atoms with Gasteiger partial charge in [-0.05, 0) is 48.2 Å². The lowest BCUT2D eigenvalue weighted by atomic mass is 10.1. The van der Waals surface area contributed by atoms with Gasteiger partial charge in [-0.3, -0.25) is 4.79 Å². The van der Waals surface area contributed by atoms with Gasteiger partial charge < -0.3 is 24.0 Å². The van der Waals surface area contributed by atoms with Gasteiger partial charge in [-0.1, -0.05) is 11.3 Å². The molecule has 1 saturated heterocycles. The third-order valence-electron chi connectivity index (χ3n) is 5.55. The number of nitrogens with zero attached hydrogens (tertiary/aromatic N) is 3. The molecule has 2 heterocycles. The minimum atomic E-state index is -0.0164. The minimum Gasteiger partial charge on any atom is -0.493 e. The highest BCUT2D eigenvalue weighted by Gasteiger charge is 2.22. The molecule has 0 unspecified atom stereocenters. The van der Waals surface area contributed by atoms with E-state index in [2.05, 4.69) is 29.4 Å². The summed E-state index contributed by atoms with van der Waals surface area (Å²) >= 11 is 3.45. The van der Waals surface area contributed by atoms with E-state index >= 15 is 0 Å². The Bertz CT molecular complexity index is 1140. The Morgan fingerprint density at radius 1 is 1.03 bits per heavy atom. The van der Waals surface area contributed by atoms with Gasteiger partial charge in [-0.2, -0.15) is 0 Å². The summed E-state index contributed by atoms with van der Waals surface area (Å²) in [4.78, 5) is 22.9. The zero-order valence-corrected chi connectivity index (χ0v) is 20.8. The van der Waals surface area contributed by atoms with Crippen LogP contribution >= 0.6 is 23.1 Å². The van der Waals surface area contributed by atoms with Crippen LogP contribution in [0.4, 0.5) is 5.13 Å². The smallest absolute Gasteiger partial charge is 0.246 e. The van der Waals surface area contributed by atoms with Gasteiger partial charge in [0.1, 0.15) is 0 Å². The van der Waals surface area contributed by atoms with E-state index in [4.69, 9.17) is 19.2 Å². The molecule has 0 radical (unpaired) electrons. The van der Waals surface area contributed by atoms with Crippen LogP contribution in [0.15, 0.2) is 41.3 Å². The van der Waals surface area contributed by atoms with E-state index in [-0.39, 0.29) is 5.91 Å². The van der Waals surface area contributed by atoms with Gasteiger partial charge in [0.05, 0.1) is 31.5 Å². The number of thiazole rings is 1. The van der Waals surface area contributed by atoms with Crippen LogP contribution in [0.25, 0.3) is 16.3 Å². The fraction of sp³-hybridized carbons (Fsp3) is 0.333. The molecule has 0 atom stereocenters. The summed E-state index contributed by atoms with van der Waals surface area (Å²) in [6, 6.07) is 10.0. The van der Waals surface area contributed by atoms with Crippen LogP contribution < -0.4 is 19.1 Å². The second-order valence-electron chi connectivity index (χ2n) is 7.43. The molecule has 1 aliphatic heterocycles. The fourth-order valence-electron chi connectivity index (χ4n) is 3.74. The number of piperazine rings is 1. The number of ether oxygens (including phenoxy) is 3. The van der Waals surface area contributed by atoms with E-state index in [0.29, 0.717) is 30.3 Å². The Kier molecular flexibility index (Phi) is 7.29. The highest BCUT2D eigenvalue weighted by Crippen LogP contribution is 2.38. The molecule has 0 N–H and O–H groups in total. The molecule has 0 aliphatic carbocycles. The Morgan fingerprint density at radius 2 is 1.73 bits per heavy atom. The molecule has 2 aromatic carbocycles. The number of rotatable bonds is 7. The lowest BCUT2D eigenvalue weighted by Crippen LogP contribution is -2.48. The number of thioether (sulfide) groups is 1. The number of carbonyl (C=O) groups excluding carboxylic acids is 1. The lowest BCUT2D eigenvalue weighted by molar-refractivity contribution is -0.126. The van der Waals surface area contributed by atoms with E-state index in [1.165, 1.54) is 9.60 Å². The average Bonchev–Trinajstić information content (AvgIpc) is 3.29. The van der Waals surface area contributed by atoms with E-state index in [9.17, 15) is 4.79 Å². The summed E-state index contributed by atoms with van der Waals surface area (Å²) in [5.74, 6) is 1.62. The summed E-state index contributed by atoms with van der Waals surface area (Å²) in [5, 5.41) is 1.02. The molecule has 1 aromatic heterocycles. The van der Waals surface area contributed by atoms with Gasteiger partial charge in [0.15, 0.2) is 16.6 Å². The van der Waals surface area contributed by atoms with Crippen molar-refractivity contribution in [3.63, 3.8) is 0 Å². The number of hydrogen-bond acceptors (Lipinski definition) is 8. The van der Waals surface area contributed by atoms with E-state index < -0.39 is 0 Å². The van der Waals surface area contributed by atoms with Crippen LogP contribution in [0.1, 0.15) is 5.56 Å². The van der Waals surface area contributed by atoms with Gasteiger partial charge in [0.2, 0.25) is 11.7 Å². The standard InChI is InChI=1S/C24H27N3O4S2/c1-29-19-13-16(14-20(30-2)23(19)31-3)5-8-22(28)26-9-11-27(12-10-26)24-25-18-7-6-17(32-4)15-21(18)33-24/h5-8,13-15H,9-12H2,1-4H3. The molecular weight excluding hydrogens is 458 g/mol. The van der Waals surface area contributed by atoms with Gasteiger partial charge >= 0.3 is 0 Å². The monoisotopic (exact) mass is 485 g/mol. The van der Waals surface area contributed by atoms with Crippen LogP contribution in [0.5, 0.6) is 17.2 Å². The van der Waals surface area contributed by atoms with Crippen LogP contribution in [0.3, 0.4) is 0 Å². The number of hydrogen-bond donors (Lipinski definition) is 0. The number of fused-ring (bicyclic) bond motifs is 1. The van der Waals surface area contributed by atoms with Crippen molar-refractivity contribution >= 4 is 50.4 Å². The lowest BCUT2D eigenvalue weighted by Gasteiger charge is -2.34. The zero-order valence-electron chi connectivity index (χ0n) is 19.2. The van der Waals surface area contributed by atoms with Gasteiger partial charge in [0, 0.05) is 37.2 Å². The Labute approximate surface area is 201 Å². The average molecular weight is 486 g/mol. The fourth-order valence-corrected chi connectivity index (χ4v) is 5.31. The van der Waals surface area contributed by atoms with Crippen LogP contribution in [-0.4, -0.2) is 69.6 Å². The molecule has 4 rings (SSSR count). The topological polar surface area (TPSA) is 64.1 Å². The molecule has 33 heavy (non-hydrogen) atoms. The number of benzene rings is 2. The summed E-state index contributed by atoms with van der Waals surface area (Å²) in [5.41, 5.74) is 1.83. The quantitative estimate of drug-likeness (QED) is 0.363. The number of aromatic nitrogens is 1. The predicted octanol–water partition coefficient (Wildman–Crippen LogP) is 4.41. The highest BCUT2D eigenvalue weighted by molar-refractivity contribution is 7.98. The summed E-state index contributed by atoms with van der Waals surface area (Å²) in [7, 11) is 4.71. The molecule has 0 saturated carbocycles. The van der Waals surface area contributed by atoms with Crippen molar-refractivity contribution in [2.24, 2.45) is 0 Å². The minimum absolute atomic E-state index is 0.0164. The normalized spacial score (nSPS) is 14.2. The van der Waals surface area contributed by atoms with Crippen molar-refractivity contribution in [2.45, 2.75) is 4.90 Å². The SMILES string of the molecule is COc1cc(C=CC(=O)N2CCN(c3nc4ccc(SC)cc4s3)CC2)cc(OC)c1OC. The number of methoxy groups -OCH3 is 3. The van der Waals surface area contributed by atoms with Crippen LogP contribution in [0, 0.1) is 0 Å². The van der Waals surface area contributed by atoms with Crippen molar-refractivity contribution < 1.29 is 19.0 Å². The molecule has 0 bridgehead atoms. The van der Waals surface area contributed by atoms with Crippen molar-refractivity contribution in [1.82, 2.24) is 9.88 Å². The Hall–Kier alpha value is -2.91. The molecule has 1 amide bonds. The second-order valence-corrected chi connectivity index (χ2v) is 9.32. The van der Waals surface area contributed by atoms with E-state index in [1.54, 1.807) is 56.6 Å². The Balaban J connectivity index is 1.40. The third-order valence-corrected chi connectivity index (χ3v) is 7.36. The maximum atomic E-state index is 12.8. The van der Waals surface area contributed by atoms with Gasteiger partial charge in [-0.25, -0.2) is 4.98 Å². The van der Waals surface area contributed by atoms with Crippen molar-refractivity contribution in [1.29, 1.82) is 0 Å². The first kappa shape index (κ1) is 23.3. The first-order chi connectivity index (χ1) is 16.1. The molecule has 7 nitrogen and oxygen atoms in total. The molecule has 174 valence electrons. The first-order valence-electron chi connectivity index (χ1n) is 10.5. The van der Waals surface area contributed by atoms with Gasteiger partial charge in [-0.15, -0.1) is 11.8 Å². The summed E-state index contributed by atoms with van der Waals surface area (Å²) in [6.45, 7) is 2.84. The maximum Gasteiger partial charge on any atom is 0.246 e. The third kappa shape index (κ3) is 5.04. The van der Waals surface area contributed by atoms with E-state index in [1.807, 2.05) is 17.0 Å². The highest BCUT2D eigenvalue weighted by atomic mass is 32.2. The van der Waals surface area contributed by atoms with Crippen molar-refractivity contribution in [3.05, 3.63) is 42.0 Å². The molecule has 1 aliphatic rings. The summed E-state index contributed by atoms with van der Waals surface area (Å²) < 4.78 is 17.3. The molecular formula is C24H27N3O4S2. The number of anilines is 1. The van der Waals surface area contributed by atoms with Gasteiger partial charge in [0.25, 0.3) is 0 Å². The molecule has 1 fully saturated rings.